The largest absolute Gasteiger partial charge is 0.497 e. The third-order valence-corrected chi connectivity index (χ3v) is 4.94. The molecule has 154 valence electrons. The Labute approximate surface area is 183 Å². The average molecular weight is 430 g/mol. The first-order valence-corrected chi connectivity index (χ1v) is 9.78. The third-order valence-electron chi connectivity index (χ3n) is 4.58. The molecule has 0 spiro atoms. The number of nitrogens with zero attached hydrogens (tertiary/aromatic N) is 4. The van der Waals surface area contributed by atoms with Gasteiger partial charge < -0.3 is 9.84 Å². The summed E-state index contributed by atoms with van der Waals surface area (Å²) in [6.07, 6.45) is 0. The second-order valence-electron chi connectivity index (χ2n) is 6.50. The molecule has 4 rings (SSSR count). The number of methoxy groups -OCH3 is 1. The highest BCUT2D eigenvalue weighted by Gasteiger charge is 2.19. The molecule has 31 heavy (non-hydrogen) atoms. The lowest BCUT2D eigenvalue weighted by molar-refractivity contribution is 0.414. The Morgan fingerprint density at radius 2 is 1.39 bits per heavy atom. The first-order valence-electron chi connectivity index (χ1n) is 9.38. The van der Waals surface area contributed by atoms with Gasteiger partial charge in [-0.25, -0.2) is 0 Å². The molecule has 0 atom stereocenters. The van der Waals surface area contributed by atoms with E-state index in [-0.39, 0.29) is 10.5 Å². The van der Waals surface area contributed by atoms with Crippen LogP contribution in [0.15, 0.2) is 100.0 Å². The predicted octanol–water partition coefficient (Wildman–Crippen LogP) is 5.49. The zero-order valence-corrected chi connectivity index (χ0v) is 17.4. The lowest BCUT2D eigenvalue weighted by atomic mass is 10.3. The van der Waals surface area contributed by atoms with Crippen molar-refractivity contribution >= 4 is 23.6 Å². The Bertz CT molecular complexity index is 1350. The minimum Gasteiger partial charge on any atom is -0.497 e. The van der Waals surface area contributed by atoms with Crippen LogP contribution in [0, 0.1) is 4.77 Å². The van der Waals surface area contributed by atoms with Crippen molar-refractivity contribution in [1.29, 1.82) is 0 Å². The van der Waals surface area contributed by atoms with Crippen molar-refractivity contribution in [3.63, 3.8) is 0 Å². The number of benzene rings is 3. The van der Waals surface area contributed by atoms with Gasteiger partial charge in [0.25, 0.3) is 5.56 Å². The van der Waals surface area contributed by atoms with Gasteiger partial charge in [-0.3, -0.25) is 13.9 Å². The molecule has 1 aromatic heterocycles. The number of aromatic hydroxyl groups is 1. The van der Waals surface area contributed by atoms with Gasteiger partial charge in [0, 0.05) is 0 Å². The van der Waals surface area contributed by atoms with Gasteiger partial charge in [-0.2, -0.15) is 5.11 Å². The van der Waals surface area contributed by atoms with Gasteiger partial charge in [0.1, 0.15) is 5.75 Å². The van der Waals surface area contributed by atoms with Crippen LogP contribution in [-0.2, 0) is 0 Å². The van der Waals surface area contributed by atoms with Crippen LogP contribution in [0.4, 0.5) is 11.4 Å². The molecule has 8 heteroatoms. The molecule has 0 aliphatic rings. The third kappa shape index (κ3) is 4.01. The average Bonchev–Trinajstić information content (AvgIpc) is 2.81. The number of rotatable bonds is 5. The van der Waals surface area contributed by atoms with Crippen molar-refractivity contribution in [3.05, 3.63) is 100 Å². The van der Waals surface area contributed by atoms with Gasteiger partial charge >= 0.3 is 0 Å². The van der Waals surface area contributed by atoms with Crippen molar-refractivity contribution in [2.24, 2.45) is 10.2 Å². The second kappa shape index (κ2) is 8.76. The summed E-state index contributed by atoms with van der Waals surface area (Å²) < 4.78 is 7.99. The fourth-order valence-corrected chi connectivity index (χ4v) is 3.42. The molecule has 1 N–H and O–H groups in total. The molecule has 4 aromatic rings. The standard InChI is InChI=1S/C23H18N4O3S/c1-30-19-14-12-18(13-15-19)27-22(29)20(25-24-16-8-4-2-5-9-16)21(28)26(23(27)31)17-10-6-3-7-11-17/h2-15,29H,1H3. The fraction of sp³-hybridized carbons (Fsp3) is 0.0435. The Morgan fingerprint density at radius 1 is 0.806 bits per heavy atom. The fourth-order valence-electron chi connectivity index (χ4n) is 3.04. The van der Waals surface area contributed by atoms with Gasteiger partial charge in [0.05, 0.1) is 24.2 Å². The monoisotopic (exact) mass is 430 g/mol. The summed E-state index contributed by atoms with van der Waals surface area (Å²) in [6.45, 7) is 0. The van der Waals surface area contributed by atoms with Gasteiger partial charge in [0.2, 0.25) is 11.6 Å². The van der Waals surface area contributed by atoms with Gasteiger partial charge in [-0.15, -0.1) is 5.11 Å². The molecule has 0 saturated carbocycles. The van der Waals surface area contributed by atoms with Crippen LogP contribution in [0.2, 0.25) is 0 Å². The van der Waals surface area contributed by atoms with Gasteiger partial charge in [-0.05, 0) is 60.7 Å². The molecule has 0 amide bonds. The van der Waals surface area contributed by atoms with Crippen molar-refractivity contribution in [3.8, 4) is 23.0 Å². The van der Waals surface area contributed by atoms with E-state index in [2.05, 4.69) is 10.2 Å². The van der Waals surface area contributed by atoms with E-state index in [4.69, 9.17) is 17.0 Å². The summed E-state index contributed by atoms with van der Waals surface area (Å²) in [5, 5.41) is 19.2. The number of hydrogen-bond donors (Lipinski definition) is 1. The Morgan fingerprint density at radius 3 is 2.00 bits per heavy atom. The molecule has 7 nitrogen and oxygen atoms in total. The molecule has 0 bridgehead atoms. The maximum absolute atomic E-state index is 13.3. The number of hydrogen-bond acceptors (Lipinski definition) is 6. The number of azo groups is 1. The lowest BCUT2D eigenvalue weighted by Crippen LogP contribution is -2.23. The minimum absolute atomic E-state index is 0.0949. The zero-order chi connectivity index (χ0) is 21.8. The molecule has 0 saturated heterocycles. The summed E-state index contributed by atoms with van der Waals surface area (Å²) >= 11 is 5.59. The highest BCUT2D eigenvalue weighted by molar-refractivity contribution is 7.71. The van der Waals surface area contributed by atoms with Crippen LogP contribution in [0.25, 0.3) is 11.4 Å². The van der Waals surface area contributed by atoms with E-state index in [1.807, 2.05) is 12.1 Å². The molecule has 0 aliphatic carbocycles. The smallest absolute Gasteiger partial charge is 0.290 e. The molecule has 1 heterocycles. The SMILES string of the molecule is COc1ccc(-n2c(O)c(N=Nc3ccccc3)c(=O)n(-c3ccccc3)c2=S)cc1. The summed E-state index contributed by atoms with van der Waals surface area (Å²) in [5.41, 5.74) is 0.848. The maximum atomic E-state index is 13.3. The predicted molar refractivity (Wildman–Crippen MR) is 121 cm³/mol. The molecular formula is C23H18N4O3S. The summed E-state index contributed by atoms with van der Waals surface area (Å²) in [7, 11) is 1.57. The van der Waals surface area contributed by atoms with Crippen LogP contribution in [0.3, 0.4) is 0 Å². The Balaban J connectivity index is 1.99. The quantitative estimate of drug-likeness (QED) is 0.335. The van der Waals surface area contributed by atoms with Crippen molar-refractivity contribution in [2.75, 3.05) is 7.11 Å². The number of aromatic nitrogens is 2. The van der Waals surface area contributed by atoms with E-state index in [0.717, 1.165) is 0 Å². The normalized spacial score (nSPS) is 11.0. The van der Waals surface area contributed by atoms with Crippen molar-refractivity contribution < 1.29 is 9.84 Å². The van der Waals surface area contributed by atoms with E-state index in [9.17, 15) is 9.90 Å². The van der Waals surface area contributed by atoms with E-state index in [0.29, 0.717) is 22.8 Å². The molecule has 3 aromatic carbocycles. The Hall–Kier alpha value is -4.04. The topological polar surface area (TPSA) is 81.1 Å². The molecule has 0 radical (unpaired) electrons. The molecule has 0 fully saturated rings. The second-order valence-corrected chi connectivity index (χ2v) is 6.87. The van der Waals surface area contributed by atoms with E-state index in [1.54, 1.807) is 79.9 Å². The van der Waals surface area contributed by atoms with Crippen LogP contribution in [0.1, 0.15) is 0 Å². The summed E-state index contributed by atoms with van der Waals surface area (Å²) in [5.74, 6) is 0.252. The van der Waals surface area contributed by atoms with Crippen molar-refractivity contribution in [2.45, 2.75) is 0 Å². The van der Waals surface area contributed by atoms with E-state index in [1.165, 1.54) is 9.13 Å². The zero-order valence-electron chi connectivity index (χ0n) is 16.5. The molecular weight excluding hydrogens is 412 g/mol. The summed E-state index contributed by atoms with van der Waals surface area (Å²) in [6, 6.07) is 24.8. The maximum Gasteiger partial charge on any atom is 0.290 e. The van der Waals surface area contributed by atoms with Gasteiger partial charge in [-0.1, -0.05) is 36.4 Å². The van der Waals surface area contributed by atoms with Crippen LogP contribution >= 0.6 is 12.2 Å². The molecule has 0 aliphatic heterocycles. The molecule has 0 unspecified atom stereocenters. The number of ether oxygens (including phenoxy) is 1. The lowest BCUT2D eigenvalue weighted by Gasteiger charge is -2.16. The summed E-state index contributed by atoms with van der Waals surface area (Å²) in [4.78, 5) is 13.3. The highest BCUT2D eigenvalue weighted by atomic mass is 32.1. The first-order chi connectivity index (χ1) is 15.1. The van der Waals surface area contributed by atoms with Crippen LogP contribution in [0.5, 0.6) is 11.6 Å². The van der Waals surface area contributed by atoms with Gasteiger partial charge in [0.15, 0.2) is 4.77 Å². The Kier molecular flexibility index (Phi) is 5.72. The van der Waals surface area contributed by atoms with Crippen LogP contribution in [-0.4, -0.2) is 21.4 Å². The minimum atomic E-state index is -0.571. The number of para-hydroxylation sites is 1. The first kappa shape index (κ1) is 20.2. The van der Waals surface area contributed by atoms with Crippen molar-refractivity contribution in [1.82, 2.24) is 9.13 Å². The van der Waals surface area contributed by atoms with E-state index < -0.39 is 11.4 Å². The van der Waals surface area contributed by atoms with E-state index >= 15 is 0 Å². The highest BCUT2D eigenvalue weighted by Crippen LogP contribution is 2.29. The van der Waals surface area contributed by atoms with Crippen LogP contribution < -0.4 is 10.3 Å².